The largest absolute Gasteiger partial charge is 0.462 e. The Kier molecular flexibility index (Phi) is 5.56. The second-order valence-electron chi connectivity index (χ2n) is 6.21. The number of nitrogens with zero attached hydrogens (tertiary/aromatic N) is 4. The molecular weight excluding hydrogens is 356 g/mol. The summed E-state index contributed by atoms with van der Waals surface area (Å²) < 4.78 is 6.70. The summed E-state index contributed by atoms with van der Waals surface area (Å²) in [5, 5.41) is 4.45. The molecule has 2 aromatic heterocycles. The van der Waals surface area contributed by atoms with Crippen molar-refractivity contribution in [3.05, 3.63) is 46.5 Å². The Morgan fingerprint density at radius 2 is 2.08 bits per heavy atom. The van der Waals surface area contributed by atoms with Gasteiger partial charge in [-0.3, -0.25) is 14.5 Å². The van der Waals surface area contributed by atoms with Gasteiger partial charge in [-0.15, -0.1) is 0 Å². The van der Waals surface area contributed by atoms with E-state index in [0.717, 1.165) is 12.8 Å². The highest BCUT2D eigenvalue weighted by Crippen LogP contribution is 2.31. The van der Waals surface area contributed by atoms with Gasteiger partial charge in [-0.2, -0.15) is 5.10 Å². The summed E-state index contributed by atoms with van der Waals surface area (Å²) in [7, 11) is 1.75. The van der Waals surface area contributed by atoms with Crippen LogP contribution in [-0.4, -0.2) is 51.2 Å². The summed E-state index contributed by atoms with van der Waals surface area (Å²) in [5.41, 5.74) is 1.68. The van der Waals surface area contributed by atoms with Gasteiger partial charge in [0.1, 0.15) is 5.69 Å². The lowest BCUT2D eigenvalue weighted by atomic mass is 9.90. The van der Waals surface area contributed by atoms with E-state index in [4.69, 9.17) is 16.3 Å². The van der Waals surface area contributed by atoms with Crippen molar-refractivity contribution >= 4 is 23.5 Å². The van der Waals surface area contributed by atoms with Crippen LogP contribution in [0.15, 0.2) is 24.5 Å². The van der Waals surface area contributed by atoms with E-state index in [2.05, 4.69) is 10.1 Å². The Morgan fingerprint density at radius 1 is 1.35 bits per heavy atom. The van der Waals surface area contributed by atoms with Gasteiger partial charge in [0, 0.05) is 38.4 Å². The normalized spacial score (nSPS) is 15.1. The summed E-state index contributed by atoms with van der Waals surface area (Å²) in [6.45, 7) is 3.25. The molecule has 3 rings (SSSR count). The Bertz CT molecular complexity index is 813. The van der Waals surface area contributed by atoms with E-state index in [9.17, 15) is 9.59 Å². The highest BCUT2D eigenvalue weighted by Gasteiger charge is 2.29. The Balaban J connectivity index is 1.73. The minimum atomic E-state index is -0.411. The molecule has 0 aliphatic carbocycles. The van der Waals surface area contributed by atoms with E-state index in [1.807, 2.05) is 4.90 Å². The van der Waals surface area contributed by atoms with E-state index in [1.165, 1.54) is 0 Å². The zero-order valence-electron chi connectivity index (χ0n) is 14.8. The van der Waals surface area contributed by atoms with Gasteiger partial charge in [0.2, 0.25) is 0 Å². The number of likely N-dealkylation sites (tertiary alicyclic amines) is 1. The van der Waals surface area contributed by atoms with Crippen LogP contribution in [0.3, 0.4) is 0 Å². The first-order valence-electron chi connectivity index (χ1n) is 8.61. The number of ether oxygens (including phenoxy) is 1. The number of aromatic nitrogens is 3. The molecular formula is C18H21ClN4O3. The van der Waals surface area contributed by atoms with Crippen LogP contribution in [-0.2, 0) is 11.8 Å². The number of pyridine rings is 1. The Hall–Kier alpha value is -2.41. The average Bonchev–Trinajstić information content (AvgIpc) is 3.07. The number of aryl methyl sites for hydroxylation is 1. The van der Waals surface area contributed by atoms with Gasteiger partial charge in [-0.05, 0) is 31.9 Å². The topological polar surface area (TPSA) is 77.3 Å². The second-order valence-corrected chi connectivity index (χ2v) is 6.65. The van der Waals surface area contributed by atoms with Crippen molar-refractivity contribution < 1.29 is 14.3 Å². The van der Waals surface area contributed by atoms with E-state index < -0.39 is 5.97 Å². The lowest BCUT2D eigenvalue weighted by Gasteiger charge is -2.32. The molecule has 0 unspecified atom stereocenters. The quantitative estimate of drug-likeness (QED) is 0.766. The SMILES string of the molecule is CCOC(=O)c1cc(Cl)cnc1C1CCN(C(=O)c2ccnn2C)CC1. The van der Waals surface area contributed by atoms with Crippen molar-refractivity contribution in [3.8, 4) is 0 Å². The minimum absolute atomic E-state index is 0.0295. The zero-order chi connectivity index (χ0) is 18.7. The molecule has 0 N–H and O–H groups in total. The molecule has 1 amide bonds. The van der Waals surface area contributed by atoms with Crippen molar-refractivity contribution in [1.82, 2.24) is 19.7 Å². The molecule has 0 bridgehead atoms. The number of carbonyl (C=O) groups excluding carboxylic acids is 2. The third-order valence-corrected chi connectivity index (χ3v) is 4.80. The van der Waals surface area contributed by atoms with Crippen LogP contribution in [0.2, 0.25) is 5.02 Å². The number of hydrogen-bond acceptors (Lipinski definition) is 5. The number of rotatable bonds is 4. The maximum Gasteiger partial charge on any atom is 0.340 e. The molecule has 0 saturated carbocycles. The lowest BCUT2D eigenvalue weighted by Crippen LogP contribution is -2.39. The number of piperidine rings is 1. The fourth-order valence-corrected chi connectivity index (χ4v) is 3.41. The van der Waals surface area contributed by atoms with Crippen molar-refractivity contribution in [3.63, 3.8) is 0 Å². The Labute approximate surface area is 156 Å². The Morgan fingerprint density at radius 3 is 2.69 bits per heavy atom. The van der Waals surface area contributed by atoms with Gasteiger partial charge < -0.3 is 9.64 Å². The molecule has 1 saturated heterocycles. The van der Waals surface area contributed by atoms with Crippen molar-refractivity contribution in [2.24, 2.45) is 7.05 Å². The van der Waals surface area contributed by atoms with Crippen LogP contribution in [0.1, 0.15) is 52.2 Å². The smallest absolute Gasteiger partial charge is 0.340 e. The fourth-order valence-electron chi connectivity index (χ4n) is 3.25. The molecule has 0 atom stereocenters. The van der Waals surface area contributed by atoms with Crippen molar-refractivity contribution in [1.29, 1.82) is 0 Å². The highest BCUT2D eigenvalue weighted by atomic mass is 35.5. The van der Waals surface area contributed by atoms with E-state index in [-0.39, 0.29) is 11.8 Å². The van der Waals surface area contributed by atoms with Crippen LogP contribution >= 0.6 is 11.6 Å². The monoisotopic (exact) mass is 376 g/mol. The fraction of sp³-hybridized carbons (Fsp3) is 0.444. The predicted octanol–water partition coefficient (Wildman–Crippen LogP) is 2.67. The second kappa shape index (κ2) is 7.86. The van der Waals surface area contributed by atoms with Crippen LogP contribution in [0.4, 0.5) is 0 Å². The molecule has 0 aromatic carbocycles. The number of hydrogen-bond donors (Lipinski definition) is 0. The first-order valence-corrected chi connectivity index (χ1v) is 8.99. The van der Waals surface area contributed by atoms with E-state index in [1.54, 1.807) is 43.2 Å². The van der Waals surface area contributed by atoms with Gasteiger partial charge in [0.25, 0.3) is 5.91 Å². The molecule has 1 aliphatic rings. The van der Waals surface area contributed by atoms with Crippen LogP contribution in [0.5, 0.6) is 0 Å². The molecule has 7 nitrogen and oxygen atoms in total. The van der Waals surface area contributed by atoms with Crippen molar-refractivity contribution in [2.45, 2.75) is 25.7 Å². The molecule has 2 aromatic rings. The molecule has 26 heavy (non-hydrogen) atoms. The standard InChI is InChI=1S/C18H21ClN4O3/c1-3-26-18(25)14-10-13(19)11-20-16(14)12-5-8-23(9-6-12)17(24)15-4-7-21-22(15)2/h4,7,10-12H,3,5-6,8-9H2,1-2H3. The lowest BCUT2D eigenvalue weighted by molar-refractivity contribution is 0.0520. The third kappa shape index (κ3) is 3.72. The summed E-state index contributed by atoms with van der Waals surface area (Å²) in [6, 6.07) is 3.32. The summed E-state index contributed by atoms with van der Waals surface area (Å²) >= 11 is 6.01. The maximum atomic E-state index is 12.6. The number of carbonyl (C=O) groups is 2. The minimum Gasteiger partial charge on any atom is -0.462 e. The third-order valence-electron chi connectivity index (χ3n) is 4.59. The average molecular weight is 377 g/mol. The highest BCUT2D eigenvalue weighted by molar-refractivity contribution is 6.30. The van der Waals surface area contributed by atoms with Gasteiger partial charge in [0.15, 0.2) is 0 Å². The van der Waals surface area contributed by atoms with Crippen LogP contribution in [0, 0.1) is 0 Å². The van der Waals surface area contributed by atoms with Crippen molar-refractivity contribution in [2.75, 3.05) is 19.7 Å². The molecule has 138 valence electrons. The summed E-state index contributed by atoms with van der Waals surface area (Å²) in [6.07, 6.45) is 4.62. The number of halogens is 1. The number of amides is 1. The molecule has 1 fully saturated rings. The summed E-state index contributed by atoms with van der Waals surface area (Å²) in [5.74, 6) is -0.355. The first-order chi connectivity index (χ1) is 12.5. The van der Waals surface area contributed by atoms with Crippen LogP contribution in [0.25, 0.3) is 0 Å². The predicted molar refractivity (Wildman–Crippen MR) is 96.3 cm³/mol. The molecule has 0 radical (unpaired) electrons. The van der Waals surface area contributed by atoms with Gasteiger partial charge in [0.05, 0.1) is 22.9 Å². The van der Waals surface area contributed by atoms with E-state index in [0.29, 0.717) is 41.7 Å². The number of esters is 1. The molecule has 8 heteroatoms. The van der Waals surface area contributed by atoms with Gasteiger partial charge >= 0.3 is 5.97 Å². The molecule has 3 heterocycles. The maximum absolute atomic E-state index is 12.6. The van der Waals surface area contributed by atoms with E-state index >= 15 is 0 Å². The summed E-state index contributed by atoms with van der Waals surface area (Å²) in [4.78, 5) is 31.0. The van der Waals surface area contributed by atoms with Gasteiger partial charge in [-0.25, -0.2) is 4.79 Å². The molecule has 1 aliphatic heterocycles. The first kappa shape index (κ1) is 18.4. The van der Waals surface area contributed by atoms with Crippen LogP contribution < -0.4 is 0 Å². The zero-order valence-corrected chi connectivity index (χ0v) is 15.6. The molecule has 0 spiro atoms. The van der Waals surface area contributed by atoms with Gasteiger partial charge in [-0.1, -0.05) is 11.6 Å².